The Bertz CT molecular complexity index is 476. The minimum atomic E-state index is -1.02. The number of aromatic carboxylic acids is 1. The normalized spacial score (nSPS) is 18.7. The predicted octanol–water partition coefficient (Wildman–Crippen LogP) is 3.89. The summed E-state index contributed by atoms with van der Waals surface area (Å²) >= 11 is 0. The first-order valence-corrected chi connectivity index (χ1v) is 7.05. The summed E-state index contributed by atoms with van der Waals surface area (Å²) < 4.78 is 5.67. The van der Waals surface area contributed by atoms with Crippen LogP contribution >= 0.6 is 0 Å². The number of aromatic nitrogens is 1. The van der Waals surface area contributed by atoms with E-state index in [1.807, 2.05) is 20.8 Å². The average Bonchev–Trinajstić information content (AvgIpc) is 2.95. The third kappa shape index (κ3) is 2.40. The first-order chi connectivity index (χ1) is 8.80. The fourth-order valence-electron chi connectivity index (χ4n) is 2.97. The molecule has 4 heteroatoms. The molecule has 1 heterocycles. The second-order valence-corrected chi connectivity index (χ2v) is 6.59. The minimum Gasteiger partial charge on any atom is -0.475 e. The molecule has 1 aromatic rings. The summed E-state index contributed by atoms with van der Waals surface area (Å²) in [5.41, 5.74) is 0.200. The Morgan fingerprint density at radius 2 is 1.95 bits per heavy atom. The number of hydrogen-bond acceptors (Lipinski definition) is 3. The Hall–Kier alpha value is -1.32. The third-order valence-corrected chi connectivity index (χ3v) is 4.22. The van der Waals surface area contributed by atoms with Gasteiger partial charge in [0.2, 0.25) is 11.7 Å². The molecule has 0 aliphatic heterocycles. The maximum absolute atomic E-state index is 11.4. The first kappa shape index (κ1) is 14.1. The van der Waals surface area contributed by atoms with E-state index in [9.17, 15) is 9.90 Å². The van der Waals surface area contributed by atoms with Gasteiger partial charge in [-0.05, 0) is 19.3 Å². The van der Waals surface area contributed by atoms with E-state index in [1.165, 1.54) is 12.8 Å². The van der Waals surface area contributed by atoms with Crippen LogP contribution in [0.5, 0.6) is 0 Å². The molecule has 1 saturated carbocycles. The molecular weight excluding hydrogens is 242 g/mol. The highest BCUT2D eigenvalue weighted by Crippen LogP contribution is 2.44. The maximum Gasteiger partial charge on any atom is 0.373 e. The monoisotopic (exact) mass is 265 g/mol. The van der Waals surface area contributed by atoms with Crippen LogP contribution in [0.4, 0.5) is 0 Å². The number of hydrogen-bond donors (Lipinski definition) is 1. The van der Waals surface area contributed by atoms with Crippen LogP contribution < -0.4 is 0 Å². The molecule has 0 atom stereocenters. The minimum absolute atomic E-state index is 0.0159. The van der Waals surface area contributed by atoms with E-state index < -0.39 is 5.97 Å². The maximum atomic E-state index is 11.4. The first-order valence-electron chi connectivity index (χ1n) is 7.05. The second kappa shape index (κ2) is 4.66. The molecule has 1 N–H and O–H groups in total. The van der Waals surface area contributed by atoms with Crippen LogP contribution in [0.3, 0.4) is 0 Å². The zero-order valence-electron chi connectivity index (χ0n) is 12.2. The van der Waals surface area contributed by atoms with Crippen molar-refractivity contribution in [3.63, 3.8) is 0 Å². The summed E-state index contributed by atoms with van der Waals surface area (Å²) in [7, 11) is 0. The van der Waals surface area contributed by atoms with Crippen LogP contribution in [-0.4, -0.2) is 16.1 Å². The molecule has 0 spiro atoms. The van der Waals surface area contributed by atoms with E-state index in [4.69, 9.17) is 4.42 Å². The summed E-state index contributed by atoms with van der Waals surface area (Å²) in [5.74, 6) is -0.370. The van der Waals surface area contributed by atoms with Gasteiger partial charge in [0.25, 0.3) is 0 Å². The summed E-state index contributed by atoms with van der Waals surface area (Å²) in [5, 5.41) is 9.31. The van der Waals surface area contributed by atoms with Gasteiger partial charge in [-0.3, -0.25) is 0 Å². The van der Waals surface area contributed by atoms with Crippen molar-refractivity contribution < 1.29 is 14.3 Å². The van der Waals surface area contributed by atoms with Gasteiger partial charge in [0.15, 0.2) is 0 Å². The van der Waals surface area contributed by atoms with Gasteiger partial charge in [-0.25, -0.2) is 9.78 Å². The largest absolute Gasteiger partial charge is 0.475 e. The summed E-state index contributed by atoms with van der Waals surface area (Å²) in [6.45, 7) is 8.03. The van der Waals surface area contributed by atoms with Crippen LogP contribution in [0, 0.1) is 0 Å². The third-order valence-electron chi connectivity index (χ3n) is 4.22. The number of carbonyl (C=O) groups is 1. The molecule has 106 valence electrons. The lowest BCUT2D eigenvalue weighted by atomic mass is 9.83. The zero-order valence-corrected chi connectivity index (χ0v) is 12.2. The molecule has 2 rings (SSSR count). The Morgan fingerprint density at radius 3 is 2.32 bits per heavy atom. The zero-order chi connectivity index (χ0) is 14.3. The van der Waals surface area contributed by atoms with Gasteiger partial charge < -0.3 is 9.52 Å². The topological polar surface area (TPSA) is 63.3 Å². The molecule has 0 bridgehead atoms. The lowest BCUT2D eigenvalue weighted by Crippen LogP contribution is -2.22. The van der Waals surface area contributed by atoms with Crippen LogP contribution in [0.2, 0.25) is 0 Å². The van der Waals surface area contributed by atoms with Gasteiger partial charge in [0.05, 0.1) is 5.69 Å². The summed E-state index contributed by atoms with van der Waals surface area (Å²) in [6, 6.07) is 0. The fraction of sp³-hybridized carbons (Fsp3) is 0.733. The highest BCUT2D eigenvalue weighted by molar-refractivity contribution is 5.86. The Morgan fingerprint density at radius 1 is 1.37 bits per heavy atom. The molecule has 19 heavy (non-hydrogen) atoms. The van der Waals surface area contributed by atoms with Crippen LogP contribution in [-0.2, 0) is 10.8 Å². The van der Waals surface area contributed by atoms with Crippen LogP contribution in [0.15, 0.2) is 4.42 Å². The molecule has 0 amide bonds. The van der Waals surface area contributed by atoms with Crippen molar-refractivity contribution in [2.45, 2.75) is 70.6 Å². The van der Waals surface area contributed by atoms with E-state index in [-0.39, 0.29) is 16.6 Å². The SMILES string of the molecule is CCC1(c2nc(C(C)(C)C)c(C(=O)O)o2)CCCC1. The van der Waals surface area contributed by atoms with Crippen molar-refractivity contribution in [3.05, 3.63) is 17.3 Å². The molecule has 0 aromatic carbocycles. The Balaban J connectivity index is 2.51. The van der Waals surface area contributed by atoms with Crippen molar-refractivity contribution >= 4 is 5.97 Å². The van der Waals surface area contributed by atoms with E-state index >= 15 is 0 Å². The number of rotatable bonds is 3. The van der Waals surface area contributed by atoms with Gasteiger partial charge >= 0.3 is 5.97 Å². The van der Waals surface area contributed by atoms with Crippen molar-refractivity contribution in [3.8, 4) is 0 Å². The number of carboxylic acid groups (broad SMARTS) is 1. The van der Waals surface area contributed by atoms with Gasteiger partial charge in [-0.15, -0.1) is 0 Å². The Labute approximate surface area is 114 Å². The van der Waals surface area contributed by atoms with Crippen LogP contribution in [0.25, 0.3) is 0 Å². The average molecular weight is 265 g/mol. The van der Waals surface area contributed by atoms with E-state index in [0.29, 0.717) is 11.6 Å². The number of oxazole rings is 1. The smallest absolute Gasteiger partial charge is 0.373 e. The molecule has 1 aliphatic carbocycles. The van der Waals surface area contributed by atoms with Gasteiger partial charge in [-0.1, -0.05) is 40.5 Å². The van der Waals surface area contributed by atoms with Gasteiger partial charge in [0.1, 0.15) is 0 Å². The van der Waals surface area contributed by atoms with Crippen LogP contribution in [0.1, 0.15) is 81.9 Å². The lowest BCUT2D eigenvalue weighted by Gasteiger charge is -2.23. The van der Waals surface area contributed by atoms with E-state index in [1.54, 1.807) is 0 Å². The lowest BCUT2D eigenvalue weighted by molar-refractivity contribution is 0.0653. The highest BCUT2D eigenvalue weighted by Gasteiger charge is 2.41. The molecule has 0 saturated heterocycles. The van der Waals surface area contributed by atoms with Crippen molar-refractivity contribution in [1.29, 1.82) is 0 Å². The molecule has 4 nitrogen and oxygen atoms in total. The highest BCUT2D eigenvalue weighted by atomic mass is 16.4. The van der Waals surface area contributed by atoms with Crippen molar-refractivity contribution in [2.24, 2.45) is 0 Å². The van der Waals surface area contributed by atoms with Crippen molar-refractivity contribution in [2.75, 3.05) is 0 Å². The Kier molecular flexibility index (Phi) is 3.45. The number of carboxylic acids is 1. The molecule has 0 unspecified atom stereocenters. The van der Waals surface area contributed by atoms with Gasteiger partial charge in [-0.2, -0.15) is 0 Å². The molecule has 0 radical (unpaired) electrons. The predicted molar refractivity (Wildman–Crippen MR) is 72.6 cm³/mol. The summed E-state index contributed by atoms with van der Waals surface area (Å²) in [6.07, 6.45) is 5.39. The van der Waals surface area contributed by atoms with E-state index in [2.05, 4.69) is 11.9 Å². The van der Waals surface area contributed by atoms with Crippen molar-refractivity contribution in [1.82, 2.24) is 4.98 Å². The van der Waals surface area contributed by atoms with E-state index in [0.717, 1.165) is 19.3 Å². The van der Waals surface area contributed by atoms with Gasteiger partial charge in [0, 0.05) is 10.8 Å². The molecule has 1 aromatic heterocycles. The molecular formula is C15H23NO3. The quantitative estimate of drug-likeness (QED) is 0.900. The molecule has 1 fully saturated rings. The fourth-order valence-corrected chi connectivity index (χ4v) is 2.97. The summed E-state index contributed by atoms with van der Waals surface area (Å²) in [4.78, 5) is 15.9. The molecule has 1 aliphatic rings. The number of nitrogens with zero attached hydrogens (tertiary/aromatic N) is 1. The standard InChI is InChI=1S/C15H23NO3/c1-5-15(8-6-7-9-15)13-16-11(14(2,3)4)10(19-13)12(17)18/h5-9H2,1-4H3,(H,17,18). The second-order valence-electron chi connectivity index (χ2n) is 6.59.